The maximum atomic E-state index is 11.1. The van der Waals surface area contributed by atoms with Crippen LogP contribution in [0.25, 0.3) is 0 Å². The van der Waals surface area contributed by atoms with Gasteiger partial charge in [-0.15, -0.1) is 0 Å². The Morgan fingerprint density at radius 2 is 2.23 bits per heavy atom. The zero-order valence-electron chi connectivity index (χ0n) is 7.53. The van der Waals surface area contributed by atoms with Crippen LogP contribution < -0.4 is 0 Å². The smallest absolute Gasteiger partial charge is 0.159 e. The van der Waals surface area contributed by atoms with Crippen molar-refractivity contribution in [2.75, 3.05) is 0 Å². The van der Waals surface area contributed by atoms with Gasteiger partial charge in [0.25, 0.3) is 0 Å². The van der Waals surface area contributed by atoms with Crippen LogP contribution in [-0.4, -0.2) is 17.0 Å². The largest absolute Gasteiger partial charge is 0.392 e. The summed E-state index contributed by atoms with van der Waals surface area (Å²) in [6, 6.07) is 7.52. The third-order valence-electron chi connectivity index (χ3n) is 2.48. The summed E-state index contributed by atoms with van der Waals surface area (Å²) in [6.45, 7) is 1.56. The molecule has 1 fully saturated rings. The molecule has 1 saturated carbocycles. The van der Waals surface area contributed by atoms with Crippen LogP contribution in [0.5, 0.6) is 0 Å². The second-order valence-corrected chi connectivity index (χ2v) is 3.59. The fourth-order valence-electron chi connectivity index (χ4n) is 1.53. The van der Waals surface area contributed by atoms with Gasteiger partial charge in [-0.25, -0.2) is 0 Å². The summed E-state index contributed by atoms with van der Waals surface area (Å²) in [6.07, 6.45) is 0.642. The van der Waals surface area contributed by atoms with Gasteiger partial charge in [0.1, 0.15) is 0 Å². The molecule has 1 aromatic rings. The van der Waals surface area contributed by atoms with E-state index in [2.05, 4.69) is 0 Å². The third kappa shape index (κ3) is 1.63. The van der Waals surface area contributed by atoms with Crippen molar-refractivity contribution in [1.82, 2.24) is 0 Å². The van der Waals surface area contributed by atoms with Gasteiger partial charge in [0, 0.05) is 11.5 Å². The predicted octanol–water partition coefficient (Wildman–Crippen LogP) is 1.74. The quantitative estimate of drug-likeness (QED) is 0.697. The number of hydrogen-bond acceptors (Lipinski definition) is 2. The summed E-state index contributed by atoms with van der Waals surface area (Å²) in [5.74, 6) is 0.344. The zero-order chi connectivity index (χ0) is 9.42. The first-order chi connectivity index (χ1) is 6.18. The Kier molecular flexibility index (Phi) is 1.93. The number of carbonyl (C=O) groups is 1. The summed E-state index contributed by atoms with van der Waals surface area (Å²) < 4.78 is 0. The molecule has 1 aliphatic rings. The second kappa shape index (κ2) is 2.96. The fraction of sp³-hybridized carbons (Fsp3) is 0.364. The first-order valence-electron chi connectivity index (χ1n) is 4.47. The number of ketones is 1. The molecule has 2 heteroatoms. The van der Waals surface area contributed by atoms with Crippen molar-refractivity contribution in [2.45, 2.75) is 25.4 Å². The molecule has 0 bridgehead atoms. The highest BCUT2D eigenvalue weighted by atomic mass is 16.3. The van der Waals surface area contributed by atoms with Crippen molar-refractivity contribution in [3.05, 3.63) is 35.4 Å². The molecule has 0 radical (unpaired) electrons. The molecule has 13 heavy (non-hydrogen) atoms. The van der Waals surface area contributed by atoms with E-state index in [-0.39, 0.29) is 17.8 Å². The van der Waals surface area contributed by atoms with Crippen molar-refractivity contribution in [3.8, 4) is 0 Å². The lowest BCUT2D eigenvalue weighted by molar-refractivity contribution is 0.101. The van der Waals surface area contributed by atoms with Gasteiger partial charge in [0.15, 0.2) is 5.78 Å². The number of aliphatic hydroxyl groups excluding tert-OH is 1. The van der Waals surface area contributed by atoms with Crippen LogP contribution in [0.4, 0.5) is 0 Å². The van der Waals surface area contributed by atoms with E-state index in [1.807, 2.05) is 18.2 Å². The summed E-state index contributed by atoms with van der Waals surface area (Å²) in [7, 11) is 0. The Hall–Kier alpha value is -1.15. The summed E-state index contributed by atoms with van der Waals surface area (Å²) in [5, 5.41) is 9.22. The molecular weight excluding hydrogens is 164 g/mol. The first-order valence-corrected chi connectivity index (χ1v) is 4.47. The number of Topliss-reactive ketones (excluding diaryl/α,β-unsaturated/α-hetero) is 1. The summed E-state index contributed by atoms with van der Waals surface area (Å²) in [4.78, 5) is 11.1. The lowest BCUT2D eigenvalue weighted by Crippen LogP contribution is -1.94. The van der Waals surface area contributed by atoms with E-state index in [0.29, 0.717) is 0 Å². The van der Waals surface area contributed by atoms with Gasteiger partial charge in [-0.2, -0.15) is 0 Å². The first kappa shape index (κ1) is 8.45. The van der Waals surface area contributed by atoms with Crippen molar-refractivity contribution in [3.63, 3.8) is 0 Å². The highest BCUT2D eigenvalue weighted by Crippen LogP contribution is 2.40. The Bertz CT molecular complexity index is 344. The number of hydrogen-bond donors (Lipinski definition) is 1. The van der Waals surface area contributed by atoms with Gasteiger partial charge in [0.2, 0.25) is 0 Å². The van der Waals surface area contributed by atoms with Gasteiger partial charge in [-0.1, -0.05) is 18.2 Å². The van der Waals surface area contributed by atoms with E-state index in [9.17, 15) is 9.90 Å². The molecule has 2 unspecified atom stereocenters. The lowest BCUT2D eigenvalue weighted by atomic mass is 10.1. The molecule has 0 saturated heterocycles. The maximum Gasteiger partial charge on any atom is 0.159 e. The Balaban J connectivity index is 2.28. The van der Waals surface area contributed by atoms with E-state index < -0.39 is 0 Å². The van der Waals surface area contributed by atoms with Gasteiger partial charge >= 0.3 is 0 Å². The van der Waals surface area contributed by atoms with Crippen molar-refractivity contribution in [2.24, 2.45) is 0 Å². The minimum Gasteiger partial charge on any atom is -0.392 e. The van der Waals surface area contributed by atoms with Crippen LogP contribution >= 0.6 is 0 Å². The molecule has 1 aliphatic carbocycles. The molecule has 0 amide bonds. The Labute approximate surface area is 77.2 Å². The number of rotatable bonds is 2. The minimum absolute atomic E-state index is 0.0805. The summed E-state index contributed by atoms with van der Waals surface area (Å²) >= 11 is 0. The van der Waals surface area contributed by atoms with Gasteiger partial charge in [-0.05, 0) is 25.0 Å². The summed E-state index contributed by atoms with van der Waals surface area (Å²) in [5.41, 5.74) is 1.82. The van der Waals surface area contributed by atoms with Crippen molar-refractivity contribution in [1.29, 1.82) is 0 Å². The second-order valence-electron chi connectivity index (χ2n) is 3.59. The van der Waals surface area contributed by atoms with E-state index in [0.717, 1.165) is 17.5 Å². The third-order valence-corrected chi connectivity index (χ3v) is 2.48. The van der Waals surface area contributed by atoms with E-state index in [1.54, 1.807) is 13.0 Å². The number of carbonyl (C=O) groups excluding carboxylic acids is 1. The molecule has 2 atom stereocenters. The minimum atomic E-state index is -0.192. The topological polar surface area (TPSA) is 37.3 Å². The van der Waals surface area contributed by atoms with Crippen LogP contribution in [0.2, 0.25) is 0 Å². The molecule has 1 N–H and O–H groups in total. The average Bonchev–Trinajstić information content (AvgIpc) is 2.83. The normalized spacial score (nSPS) is 25.7. The molecule has 68 valence electrons. The molecule has 0 aromatic heterocycles. The van der Waals surface area contributed by atoms with Crippen LogP contribution in [0.15, 0.2) is 24.3 Å². The molecule has 2 nitrogen and oxygen atoms in total. The highest BCUT2D eigenvalue weighted by molar-refractivity contribution is 5.94. The Morgan fingerprint density at radius 3 is 2.77 bits per heavy atom. The SMILES string of the molecule is CC(=O)c1cccc(C2CC2O)c1. The maximum absolute atomic E-state index is 11.1. The lowest BCUT2D eigenvalue weighted by Gasteiger charge is -2.00. The van der Waals surface area contributed by atoms with E-state index in [1.165, 1.54) is 0 Å². The van der Waals surface area contributed by atoms with Gasteiger partial charge < -0.3 is 5.11 Å². The fourth-order valence-corrected chi connectivity index (χ4v) is 1.53. The standard InChI is InChI=1S/C11H12O2/c1-7(12)8-3-2-4-9(5-8)10-6-11(10)13/h2-5,10-11,13H,6H2,1H3. The van der Waals surface area contributed by atoms with E-state index in [4.69, 9.17) is 0 Å². The van der Waals surface area contributed by atoms with Gasteiger partial charge in [-0.3, -0.25) is 4.79 Å². The molecule has 0 heterocycles. The Morgan fingerprint density at radius 1 is 1.54 bits per heavy atom. The highest BCUT2D eigenvalue weighted by Gasteiger charge is 2.36. The van der Waals surface area contributed by atoms with Crippen molar-refractivity contribution >= 4 is 5.78 Å². The molecule has 0 spiro atoms. The number of benzene rings is 1. The monoisotopic (exact) mass is 176 g/mol. The van der Waals surface area contributed by atoms with E-state index >= 15 is 0 Å². The molecular formula is C11H12O2. The zero-order valence-corrected chi connectivity index (χ0v) is 7.53. The molecule has 1 aromatic carbocycles. The predicted molar refractivity (Wildman–Crippen MR) is 49.8 cm³/mol. The van der Waals surface area contributed by atoms with Crippen LogP contribution in [-0.2, 0) is 0 Å². The number of aliphatic hydroxyl groups is 1. The van der Waals surface area contributed by atoms with Gasteiger partial charge in [0.05, 0.1) is 6.10 Å². The molecule has 2 rings (SSSR count). The molecule has 0 aliphatic heterocycles. The van der Waals surface area contributed by atoms with Crippen LogP contribution in [0.3, 0.4) is 0 Å². The van der Waals surface area contributed by atoms with Crippen LogP contribution in [0, 0.1) is 0 Å². The van der Waals surface area contributed by atoms with Crippen LogP contribution in [0.1, 0.15) is 35.2 Å². The average molecular weight is 176 g/mol. The van der Waals surface area contributed by atoms with Crippen molar-refractivity contribution < 1.29 is 9.90 Å².